The molecular formula is C12H20ClN3. The van der Waals surface area contributed by atoms with Gasteiger partial charge < -0.3 is 5.73 Å². The van der Waals surface area contributed by atoms with Gasteiger partial charge in [0.05, 0.1) is 0 Å². The van der Waals surface area contributed by atoms with Crippen LogP contribution in [0.1, 0.15) is 24.1 Å². The number of rotatable bonds is 2. The van der Waals surface area contributed by atoms with E-state index in [0.29, 0.717) is 6.04 Å². The number of hydrogen-bond donors (Lipinski definition) is 1. The van der Waals surface area contributed by atoms with Gasteiger partial charge in [0, 0.05) is 31.0 Å². The SMILES string of the molecule is Cc1ncccc1CN1CCC[C@@H](N)C1.Cl. The van der Waals surface area contributed by atoms with E-state index in [9.17, 15) is 0 Å². The zero-order valence-corrected chi connectivity index (χ0v) is 10.5. The fourth-order valence-corrected chi connectivity index (χ4v) is 2.16. The normalized spacial score (nSPS) is 21.5. The number of pyridine rings is 1. The second-order valence-electron chi connectivity index (χ2n) is 4.39. The van der Waals surface area contributed by atoms with E-state index in [4.69, 9.17) is 5.73 Å². The summed E-state index contributed by atoms with van der Waals surface area (Å²) in [6.45, 7) is 5.25. The molecule has 2 heterocycles. The van der Waals surface area contributed by atoms with E-state index >= 15 is 0 Å². The fraction of sp³-hybridized carbons (Fsp3) is 0.583. The minimum atomic E-state index is 0. The van der Waals surface area contributed by atoms with Crippen LogP contribution in [0.15, 0.2) is 18.3 Å². The molecule has 1 fully saturated rings. The lowest BCUT2D eigenvalue weighted by Crippen LogP contribution is -2.42. The summed E-state index contributed by atoms with van der Waals surface area (Å²) in [7, 11) is 0. The minimum absolute atomic E-state index is 0. The molecule has 16 heavy (non-hydrogen) atoms. The second-order valence-corrected chi connectivity index (χ2v) is 4.39. The summed E-state index contributed by atoms with van der Waals surface area (Å²) in [6, 6.07) is 4.52. The van der Waals surface area contributed by atoms with Gasteiger partial charge in [-0.1, -0.05) is 6.07 Å². The topological polar surface area (TPSA) is 42.2 Å². The number of hydrogen-bond acceptors (Lipinski definition) is 3. The third-order valence-electron chi connectivity index (χ3n) is 3.05. The molecule has 2 rings (SSSR count). The molecule has 0 bridgehead atoms. The molecule has 1 aromatic heterocycles. The van der Waals surface area contributed by atoms with Crippen LogP contribution in [0.3, 0.4) is 0 Å². The zero-order chi connectivity index (χ0) is 10.7. The molecule has 0 aliphatic carbocycles. The van der Waals surface area contributed by atoms with Crippen LogP contribution in [0, 0.1) is 6.92 Å². The average Bonchev–Trinajstić information content (AvgIpc) is 2.22. The number of halogens is 1. The van der Waals surface area contributed by atoms with Gasteiger partial charge in [0.1, 0.15) is 0 Å². The first-order chi connectivity index (χ1) is 7.25. The number of nitrogens with zero attached hydrogens (tertiary/aromatic N) is 2. The molecule has 0 aromatic carbocycles. The highest BCUT2D eigenvalue weighted by molar-refractivity contribution is 5.85. The minimum Gasteiger partial charge on any atom is -0.327 e. The van der Waals surface area contributed by atoms with Gasteiger partial charge in [0.25, 0.3) is 0 Å². The van der Waals surface area contributed by atoms with E-state index < -0.39 is 0 Å². The van der Waals surface area contributed by atoms with Crippen LogP contribution in [0.25, 0.3) is 0 Å². The summed E-state index contributed by atoms with van der Waals surface area (Å²) in [4.78, 5) is 6.73. The smallest absolute Gasteiger partial charge is 0.0417 e. The van der Waals surface area contributed by atoms with E-state index in [1.807, 2.05) is 12.3 Å². The zero-order valence-electron chi connectivity index (χ0n) is 9.72. The summed E-state index contributed by atoms with van der Waals surface area (Å²) in [5.74, 6) is 0. The van der Waals surface area contributed by atoms with Crippen molar-refractivity contribution in [1.29, 1.82) is 0 Å². The standard InChI is InChI=1S/C12H19N3.ClH/c1-10-11(4-2-6-14-10)8-15-7-3-5-12(13)9-15;/h2,4,6,12H,3,5,7-9,13H2,1H3;1H/t12-;/m1./s1. The van der Waals surface area contributed by atoms with Crippen LogP contribution in [0.5, 0.6) is 0 Å². The van der Waals surface area contributed by atoms with Gasteiger partial charge in [-0.2, -0.15) is 0 Å². The van der Waals surface area contributed by atoms with Gasteiger partial charge in [-0.25, -0.2) is 0 Å². The predicted molar refractivity (Wildman–Crippen MR) is 68.7 cm³/mol. The molecule has 1 saturated heterocycles. The van der Waals surface area contributed by atoms with Gasteiger partial charge in [-0.3, -0.25) is 9.88 Å². The predicted octanol–water partition coefficient (Wildman–Crippen LogP) is 1.73. The van der Waals surface area contributed by atoms with Crippen molar-refractivity contribution < 1.29 is 0 Å². The van der Waals surface area contributed by atoms with Crippen molar-refractivity contribution in [3.8, 4) is 0 Å². The largest absolute Gasteiger partial charge is 0.327 e. The average molecular weight is 242 g/mol. The van der Waals surface area contributed by atoms with E-state index in [2.05, 4.69) is 22.9 Å². The van der Waals surface area contributed by atoms with Gasteiger partial charge in [-0.15, -0.1) is 12.4 Å². The van der Waals surface area contributed by atoms with Crippen molar-refractivity contribution in [3.63, 3.8) is 0 Å². The molecule has 4 heteroatoms. The summed E-state index contributed by atoms with van der Waals surface area (Å²) in [5, 5.41) is 0. The van der Waals surface area contributed by atoms with Crippen molar-refractivity contribution in [2.24, 2.45) is 5.73 Å². The summed E-state index contributed by atoms with van der Waals surface area (Å²) < 4.78 is 0. The van der Waals surface area contributed by atoms with Gasteiger partial charge in [-0.05, 0) is 37.9 Å². The van der Waals surface area contributed by atoms with Gasteiger partial charge in [0.15, 0.2) is 0 Å². The quantitative estimate of drug-likeness (QED) is 0.858. The van der Waals surface area contributed by atoms with Crippen LogP contribution in [-0.2, 0) is 6.54 Å². The second kappa shape index (κ2) is 6.18. The Kier molecular flexibility index (Phi) is 5.19. The number of aromatic nitrogens is 1. The van der Waals surface area contributed by atoms with Crippen LogP contribution in [-0.4, -0.2) is 29.0 Å². The Bertz CT molecular complexity index is 330. The molecule has 1 aromatic rings. The van der Waals surface area contributed by atoms with Crippen LogP contribution < -0.4 is 5.73 Å². The van der Waals surface area contributed by atoms with E-state index in [-0.39, 0.29) is 12.4 Å². The Balaban J connectivity index is 0.00000128. The highest BCUT2D eigenvalue weighted by Crippen LogP contribution is 2.13. The number of nitrogens with two attached hydrogens (primary N) is 1. The summed E-state index contributed by atoms with van der Waals surface area (Å²) in [5.41, 5.74) is 8.42. The molecule has 0 amide bonds. The molecule has 90 valence electrons. The maximum atomic E-state index is 5.96. The Morgan fingerprint density at radius 1 is 1.56 bits per heavy atom. The number of piperidine rings is 1. The monoisotopic (exact) mass is 241 g/mol. The van der Waals surface area contributed by atoms with Crippen molar-refractivity contribution in [2.75, 3.05) is 13.1 Å². The fourth-order valence-electron chi connectivity index (χ4n) is 2.16. The first-order valence-electron chi connectivity index (χ1n) is 5.64. The highest BCUT2D eigenvalue weighted by Gasteiger charge is 2.16. The van der Waals surface area contributed by atoms with Crippen LogP contribution in [0.2, 0.25) is 0 Å². The molecule has 3 nitrogen and oxygen atoms in total. The molecule has 1 atom stereocenters. The summed E-state index contributed by atoms with van der Waals surface area (Å²) in [6.07, 6.45) is 4.24. The first-order valence-corrected chi connectivity index (χ1v) is 5.64. The summed E-state index contributed by atoms with van der Waals surface area (Å²) >= 11 is 0. The molecule has 0 unspecified atom stereocenters. The molecule has 0 saturated carbocycles. The van der Waals surface area contributed by atoms with Crippen LogP contribution >= 0.6 is 12.4 Å². The molecule has 1 aliphatic rings. The number of aryl methyl sites for hydroxylation is 1. The highest BCUT2D eigenvalue weighted by atomic mass is 35.5. The lowest BCUT2D eigenvalue weighted by atomic mass is 10.1. The molecule has 2 N–H and O–H groups in total. The maximum Gasteiger partial charge on any atom is 0.0417 e. The Morgan fingerprint density at radius 3 is 3.06 bits per heavy atom. The lowest BCUT2D eigenvalue weighted by Gasteiger charge is -2.30. The Morgan fingerprint density at radius 2 is 2.38 bits per heavy atom. The maximum absolute atomic E-state index is 5.96. The van der Waals surface area contributed by atoms with Gasteiger partial charge in [0.2, 0.25) is 0 Å². The molecule has 0 spiro atoms. The Labute approximate surface area is 103 Å². The van der Waals surface area contributed by atoms with Crippen molar-refractivity contribution in [3.05, 3.63) is 29.6 Å². The number of likely N-dealkylation sites (tertiary alicyclic amines) is 1. The molecule has 0 radical (unpaired) electrons. The third kappa shape index (κ3) is 3.44. The molecular weight excluding hydrogens is 222 g/mol. The first kappa shape index (κ1) is 13.4. The molecule has 1 aliphatic heterocycles. The van der Waals surface area contributed by atoms with Crippen molar-refractivity contribution >= 4 is 12.4 Å². The van der Waals surface area contributed by atoms with Crippen molar-refractivity contribution in [2.45, 2.75) is 32.4 Å². The van der Waals surface area contributed by atoms with E-state index in [0.717, 1.165) is 18.8 Å². The Hall–Kier alpha value is -0.640. The lowest BCUT2D eigenvalue weighted by molar-refractivity contribution is 0.201. The van der Waals surface area contributed by atoms with Crippen molar-refractivity contribution in [1.82, 2.24) is 9.88 Å². The van der Waals surface area contributed by atoms with Gasteiger partial charge >= 0.3 is 0 Å². The van der Waals surface area contributed by atoms with Crippen LogP contribution in [0.4, 0.5) is 0 Å². The third-order valence-corrected chi connectivity index (χ3v) is 3.05. The van der Waals surface area contributed by atoms with E-state index in [1.165, 1.54) is 24.9 Å². The van der Waals surface area contributed by atoms with E-state index in [1.54, 1.807) is 0 Å².